The zero-order chi connectivity index (χ0) is 18.1. The summed E-state index contributed by atoms with van der Waals surface area (Å²) in [5.74, 6) is -2.76. The van der Waals surface area contributed by atoms with Crippen LogP contribution in [0.15, 0.2) is 36.4 Å². The number of rotatable bonds is 3. The number of thiocarbonyl (C=S) groups is 1. The van der Waals surface area contributed by atoms with E-state index in [0.717, 1.165) is 11.0 Å². The molecule has 1 aromatic carbocycles. The van der Waals surface area contributed by atoms with Crippen molar-refractivity contribution in [3.05, 3.63) is 53.4 Å². The monoisotopic (exact) mass is 358 g/mol. The van der Waals surface area contributed by atoms with Crippen LogP contribution in [-0.4, -0.2) is 28.4 Å². The SMILES string of the molecule is C=CCN1C(=O)/C(=C/c2cc(C(F)(F)F)ccc2F)C(=O)NC1=S. The van der Waals surface area contributed by atoms with Crippen molar-refractivity contribution in [2.45, 2.75) is 6.18 Å². The van der Waals surface area contributed by atoms with Crippen LogP contribution in [0.1, 0.15) is 11.1 Å². The molecule has 1 aromatic rings. The summed E-state index contributed by atoms with van der Waals surface area (Å²) in [5.41, 5.74) is -2.16. The highest BCUT2D eigenvalue weighted by molar-refractivity contribution is 7.80. The van der Waals surface area contributed by atoms with Crippen LogP contribution in [0.2, 0.25) is 0 Å². The van der Waals surface area contributed by atoms with Crippen LogP contribution >= 0.6 is 12.2 Å². The second kappa shape index (κ2) is 6.52. The highest BCUT2D eigenvalue weighted by atomic mass is 32.1. The summed E-state index contributed by atoms with van der Waals surface area (Å²) in [5, 5.41) is 2.06. The quantitative estimate of drug-likeness (QED) is 0.297. The number of amides is 2. The van der Waals surface area contributed by atoms with Gasteiger partial charge < -0.3 is 0 Å². The molecule has 1 aliphatic heterocycles. The summed E-state index contributed by atoms with van der Waals surface area (Å²) in [7, 11) is 0. The summed E-state index contributed by atoms with van der Waals surface area (Å²) in [4.78, 5) is 25.1. The highest BCUT2D eigenvalue weighted by Crippen LogP contribution is 2.31. The van der Waals surface area contributed by atoms with E-state index < -0.39 is 40.5 Å². The minimum Gasteiger partial charge on any atom is -0.298 e. The Kier molecular flexibility index (Phi) is 4.83. The lowest BCUT2D eigenvalue weighted by Gasteiger charge is -2.27. The van der Waals surface area contributed by atoms with E-state index in [2.05, 4.69) is 11.9 Å². The summed E-state index contributed by atoms with van der Waals surface area (Å²) in [6, 6.07) is 1.71. The Morgan fingerprint density at radius 3 is 2.54 bits per heavy atom. The standard InChI is InChI=1S/C15H10F4N2O2S/c1-2-5-21-13(23)10(12(22)20-14(21)24)7-8-6-9(15(17,18)19)3-4-11(8)16/h2-4,6-7H,1,5H2,(H,20,22,24)/b10-7+. The number of carbonyl (C=O) groups is 2. The first-order chi connectivity index (χ1) is 11.1. The van der Waals surface area contributed by atoms with E-state index in [9.17, 15) is 27.2 Å². The van der Waals surface area contributed by atoms with Crippen LogP contribution in [0, 0.1) is 5.82 Å². The molecule has 0 saturated carbocycles. The Labute approximate surface area is 139 Å². The van der Waals surface area contributed by atoms with Crippen molar-refractivity contribution in [2.75, 3.05) is 6.54 Å². The van der Waals surface area contributed by atoms with Crippen molar-refractivity contribution in [1.29, 1.82) is 0 Å². The summed E-state index contributed by atoms with van der Waals surface area (Å²) in [6.45, 7) is 3.42. The van der Waals surface area contributed by atoms with Crippen molar-refractivity contribution in [2.24, 2.45) is 0 Å². The molecular formula is C15H10F4N2O2S. The van der Waals surface area contributed by atoms with Gasteiger partial charge >= 0.3 is 6.18 Å². The number of halogens is 4. The number of nitrogens with zero attached hydrogens (tertiary/aromatic N) is 1. The molecule has 1 heterocycles. The van der Waals surface area contributed by atoms with E-state index in [1.165, 1.54) is 6.08 Å². The van der Waals surface area contributed by atoms with E-state index in [4.69, 9.17) is 12.2 Å². The fourth-order valence-corrected chi connectivity index (χ4v) is 2.23. The maximum Gasteiger partial charge on any atom is 0.416 e. The number of nitrogens with one attached hydrogen (secondary N) is 1. The van der Waals surface area contributed by atoms with Gasteiger partial charge in [0.05, 0.1) is 5.56 Å². The van der Waals surface area contributed by atoms with E-state index >= 15 is 0 Å². The van der Waals surface area contributed by atoms with Crippen molar-refractivity contribution < 1.29 is 27.2 Å². The van der Waals surface area contributed by atoms with E-state index in [1.807, 2.05) is 0 Å². The molecule has 24 heavy (non-hydrogen) atoms. The van der Waals surface area contributed by atoms with Gasteiger partial charge in [-0.2, -0.15) is 13.2 Å². The Morgan fingerprint density at radius 2 is 1.96 bits per heavy atom. The normalized spacial score (nSPS) is 17.2. The molecule has 0 aromatic heterocycles. The number of benzene rings is 1. The van der Waals surface area contributed by atoms with E-state index in [-0.39, 0.29) is 11.7 Å². The lowest BCUT2D eigenvalue weighted by atomic mass is 10.0. The number of hydrogen-bond acceptors (Lipinski definition) is 3. The summed E-state index contributed by atoms with van der Waals surface area (Å²) < 4.78 is 51.9. The molecule has 2 amide bonds. The van der Waals surface area contributed by atoms with Gasteiger partial charge in [-0.25, -0.2) is 4.39 Å². The molecule has 2 rings (SSSR count). The van der Waals surface area contributed by atoms with Crippen LogP contribution in [0.5, 0.6) is 0 Å². The van der Waals surface area contributed by atoms with Crippen LogP contribution < -0.4 is 5.32 Å². The molecule has 126 valence electrons. The van der Waals surface area contributed by atoms with Crippen molar-refractivity contribution in [3.63, 3.8) is 0 Å². The zero-order valence-corrected chi connectivity index (χ0v) is 12.8. The molecule has 9 heteroatoms. The predicted molar refractivity (Wildman–Crippen MR) is 82.0 cm³/mol. The topological polar surface area (TPSA) is 49.4 Å². The summed E-state index contributed by atoms with van der Waals surface area (Å²) in [6.07, 6.45) is -2.57. The Morgan fingerprint density at radius 1 is 1.29 bits per heavy atom. The van der Waals surface area contributed by atoms with Gasteiger partial charge in [0.25, 0.3) is 11.8 Å². The van der Waals surface area contributed by atoms with Gasteiger partial charge in [0, 0.05) is 12.1 Å². The Hall–Kier alpha value is -2.55. The fourth-order valence-electron chi connectivity index (χ4n) is 1.98. The van der Waals surface area contributed by atoms with Crippen molar-refractivity contribution >= 4 is 35.2 Å². The van der Waals surface area contributed by atoms with Gasteiger partial charge in [0.2, 0.25) is 0 Å². The third-order valence-electron chi connectivity index (χ3n) is 3.12. The molecule has 1 fully saturated rings. The van der Waals surface area contributed by atoms with Gasteiger partial charge in [-0.05, 0) is 36.5 Å². The van der Waals surface area contributed by atoms with Gasteiger partial charge in [0.15, 0.2) is 5.11 Å². The van der Waals surface area contributed by atoms with Gasteiger partial charge in [-0.1, -0.05) is 6.08 Å². The van der Waals surface area contributed by atoms with Crippen molar-refractivity contribution in [3.8, 4) is 0 Å². The minimum atomic E-state index is -4.68. The number of carbonyl (C=O) groups excluding carboxylic acids is 2. The molecule has 1 aliphatic rings. The molecule has 1 saturated heterocycles. The molecule has 4 nitrogen and oxygen atoms in total. The van der Waals surface area contributed by atoms with Gasteiger partial charge in [-0.3, -0.25) is 19.8 Å². The molecule has 0 bridgehead atoms. The Balaban J connectivity index is 2.49. The zero-order valence-electron chi connectivity index (χ0n) is 12.0. The maximum atomic E-state index is 13.8. The average Bonchev–Trinajstić information content (AvgIpc) is 2.48. The molecule has 0 atom stereocenters. The molecule has 0 spiro atoms. The van der Waals surface area contributed by atoms with Gasteiger partial charge in [-0.15, -0.1) is 6.58 Å². The van der Waals surface area contributed by atoms with Gasteiger partial charge in [0.1, 0.15) is 11.4 Å². The summed E-state index contributed by atoms with van der Waals surface area (Å²) >= 11 is 4.83. The maximum absolute atomic E-state index is 13.8. The molecule has 0 unspecified atom stereocenters. The largest absolute Gasteiger partial charge is 0.416 e. The minimum absolute atomic E-state index is 0.0135. The molecule has 0 aliphatic carbocycles. The average molecular weight is 358 g/mol. The predicted octanol–water partition coefficient (Wildman–Crippen LogP) is 2.66. The lowest BCUT2D eigenvalue weighted by molar-refractivity contribution is -0.137. The number of alkyl halides is 3. The molecule has 1 N–H and O–H groups in total. The van der Waals surface area contributed by atoms with Crippen LogP contribution in [0.25, 0.3) is 6.08 Å². The fraction of sp³-hybridized carbons (Fsp3) is 0.133. The lowest BCUT2D eigenvalue weighted by Crippen LogP contribution is -2.53. The first kappa shape index (κ1) is 17.8. The Bertz CT molecular complexity index is 771. The third kappa shape index (κ3) is 3.51. The van der Waals surface area contributed by atoms with Crippen LogP contribution in [0.4, 0.5) is 17.6 Å². The van der Waals surface area contributed by atoms with Crippen LogP contribution in [-0.2, 0) is 15.8 Å². The smallest absolute Gasteiger partial charge is 0.298 e. The van der Waals surface area contributed by atoms with E-state index in [0.29, 0.717) is 18.2 Å². The van der Waals surface area contributed by atoms with Crippen LogP contribution in [0.3, 0.4) is 0 Å². The molecule has 0 radical (unpaired) electrons. The second-order valence-corrected chi connectivity index (χ2v) is 5.14. The first-order valence-corrected chi connectivity index (χ1v) is 6.92. The third-order valence-corrected chi connectivity index (χ3v) is 3.44. The first-order valence-electron chi connectivity index (χ1n) is 6.51. The second-order valence-electron chi connectivity index (χ2n) is 4.76. The number of hydrogen-bond donors (Lipinski definition) is 1. The van der Waals surface area contributed by atoms with E-state index in [1.54, 1.807) is 0 Å². The van der Waals surface area contributed by atoms with Crippen molar-refractivity contribution in [1.82, 2.24) is 10.2 Å². The highest BCUT2D eigenvalue weighted by Gasteiger charge is 2.34. The molecular weight excluding hydrogens is 348 g/mol.